The highest BCUT2D eigenvalue weighted by Crippen LogP contribution is 2.24. The van der Waals surface area contributed by atoms with E-state index in [9.17, 15) is 0 Å². The monoisotopic (exact) mass is 261 g/mol. The maximum Gasteiger partial charge on any atom is 0.225 e. The molecule has 0 bridgehead atoms. The van der Waals surface area contributed by atoms with Crippen molar-refractivity contribution in [3.63, 3.8) is 0 Å². The van der Waals surface area contributed by atoms with Gasteiger partial charge in [-0.25, -0.2) is 9.97 Å². The van der Waals surface area contributed by atoms with Crippen LogP contribution in [0.2, 0.25) is 0 Å². The normalized spacial score (nSPS) is 24.3. The minimum atomic E-state index is 0.616. The molecule has 19 heavy (non-hydrogen) atoms. The van der Waals surface area contributed by atoms with Crippen LogP contribution in [-0.2, 0) is 12.8 Å². The van der Waals surface area contributed by atoms with Crippen LogP contribution in [0.15, 0.2) is 6.20 Å². The summed E-state index contributed by atoms with van der Waals surface area (Å²) in [5.74, 6) is 1.53. The number of hydrogen-bond donors (Lipinski definition) is 1. The molecule has 2 N–H and O–H groups in total. The Morgan fingerprint density at radius 2 is 2.11 bits per heavy atom. The summed E-state index contributed by atoms with van der Waals surface area (Å²) >= 11 is 0. The van der Waals surface area contributed by atoms with Crippen LogP contribution in [0.25, 0.3) is 0 Å². The number of aromatic nitrogens is 2. The molecule has 0 saturated carbocycles. The Hall–Kier alpha value is -1.20. The van der Waals surface area contributed by atoms with Gasteiger partial charge in [0.25, 0.3) is 0 Å². The van der Waals surface area contributed by atoms with Gasteiger partial charge in [-0.2, -0.15) is 0 Å². The predicted octanol–water partition coefficient (Wildman–Crippen LogP) is 0.292. The number of aryl methyl sites for hydroxylation is 1. The number of piperazine rings is 1. The fourth-order valence-corrected chi connectivity index (χ4v) is 2.93. The second kappa shape index (κ2) is 5.43. The van der Waals surface area contributed by atoms with Crippen molar-refractivity contribution in [1.29, 1.82) is 0 Å². The molecular weight excluding hydrogens is 238 g/mol. The number of likely N-dealkylation sites (N-methyl/N-ethyl adjacent to an activating group) is 1. The van der Waals surface area contributed by atoms with E-state index in [2.05, 4.69) is 21.8 Å². The Morgan fingerprint density at radius 1 is 1.32 bits per heavy atom. The molecule has 5 heteroatoms. The Kier molecular flexibility index (Phi) is 3.66. The van der Waals surface area contributed by atoms with Crippen LogP contribution in [0.3, 0.4) is 0 Å². The first-order valence-corrected chi connectivity index (χ1v) is 7.24. The maximum absolute atomic E-state index is 5.77. The number of nitrogens with zero attached hydrogens (tertiary/aromatic N) is 4. The summed E-state index contributed by atoms with van der Waals surface area (Å²) in [7, 11) is 2.16. The Morgan fingerprint density at radius 3 is 2.84 bits per heavy atom. The topological polar surface area (TPSA) is 58.3 Å². The Bertz CT molecular complexity index is 439. The molecule has 1 aromatic heterocycles. The van der Waals surface area contributed by atoms with Crippen LogP contribution in [0.4, 0.5) is 5.95 Å². The van der Waals surface area contributed by atoms with Gasteiger partial charge in [-0.1, -0.05) is 0 Å². The third-order valence-corrected chi connectivity index (χ3v) is 4.36. The molecule has 5 nitrogen and oxygen atoms in total. The highest BCUT2D eigenvalue weighted by molar-refractivity contribution is 5.35. The van der Waals surface area contributed by atoms with Crippen molar-refractivity contribution in [3.05, 3.63) is 17.5 Å². The average Bonchev–Trinajstić information content (AvgIpc) is 2.47. The van der Waals surface area contributed by atoms with Crippen LogP contribution in [-0.4, -0.2) is 54.6 Å². The van der Waals surface area contributed by atoms with Gasteiger partial charge >= 0.3 is 0 Å². The van der Waals surface area contributed by atoms with Crippen molar-refractivity contribution in [2.45, 2.75) is 19.3 Å². The first kappa shape index (κ1) is 12.8. The minimum absolute atomic E-state index is 0.616. The van der Waals surface area contributed by atoms with Crippen LogP contribution in [0.5, 0.6) is 0 Å². The molecule has 0 spiro atoms. The van der Waals surface area contributed by atoms with E-state index in [1.54, 1.807) is 0 Å². The largest absolute Gasteiger partial charge is 0.338 e. The predicted molar refractivity (Wildman–Crippen MR) is 76.3 cm³/mol. The highest BCUT2D eigenvalue weighted by Gasteiger charge is 2.22. The fraction of sp³-hybridized carbons (Fsp3) is 0.714. The molecule has 0 radical (unpaired) electrons. The van der Waals surface area contributed by atoms with Gasteiger partial charge in [0.2, 0.25) is 5.95 Å². The lowest BCUT2D eigenvalue weighted by molar-refractivity contribution is 0.311. The van der Waals surface area contributed by atoms with Crippen molar-refractivity contribution >= 4 is 5.95 Å². The fourth-order valence-electron chi connectivity index (χ4n) is 2.93. The SMILES string of the molecule is CN1CCN(c2ncc3c(n2)CCC(CN)C3)CC1. The van der Waals surface area contributed by atoms with Crippen molar-refractivity contribution in [1.82, 2.24) is 14.9 Å². The first-order valence-electron chi connectivity index (χ1n) is 7.24. The van der Waals surface area contributed by atoms with E-state index < -0.39 is 0 Å². The summed E-state index contributed by atoms with van der Waals surface area (Å²) in [4.78, 5) is 14.0. The summed E-state index contributed by atoms with van der Waals surface area (Å²) in [5.41, 5.74) is 8.32. The highest BCUT2D eigenvalue weighted by atomic mass is 15.3. The van der Waals surface area contributed by atoms with Crippen LogP contribution in [0.1, 0.15) is 17.7 Å². The van der Waals surface area contributed by atoms with Crippen LogP contribution in [0, 0.1) is 5.92 Å². The molecule has 1 saturated heterocycles. The number of anilines is 1. The molecule has 1 aliphatic carbocycles. The molecule has 3 rings (SSSR count). The molecule has 0 aromatic carbocycles. The van der Waals surface area contributed by atoms with E-state index in [1.165, 1.54) is 17.7 Å². The number of fused-ring (bicyclic) bond motifs is 1. The smallest absolute Gasteiger partial charge is 0.225 e. The van der Waals surface area contributed by atoms with Gasteiger partial charge in [-0.15, -0.1) is 0 Å². The quantitative estimate of drug-likeness (QED) is 0.829. The molecule has 2 heterocycles. The van der Waals surface area contributed by atoms with E-state index in [0.717, 1.165) is 51.5 Å². The summed E-state index contributed by atoms with van der Waals surface area (Å²) in [6.07, 6.45) is 5.30. The van der Waals surface area contributed by atoms with Crippen molar-refractivity contribution in [2.75, 3.05) is 44.7 Å². The third-order valence-electron chi connectivity index (χ3n) is 4.36. The summed E-state index contributed by atoms with van der Waals surface area (Å²) in [6.45, 7) is 5.02. The van der Waals surface area contributed by atoms with E-state index in [4.69, 9.17) is 10.7 Å². The summed E-state index contributed by atoms with van der Waals surface area (Å²) in [6, 6.07) is 0. The van der Waals surface area contributed by atoms with Gasteiger partial charge in [0.1, 0.15) is 0 Å². The number of rotatable bonds is 2. The molecule has 1 atom stereocenters. The van der Waals surface area contributed by atoms with Gasteiger partial charge in [-0.05, 0) is 44.3 Å². The zero-order valence-electron chi connectivity index (χ0n) is 11.7. The van der Waals surface area contributed by atoms with Crippen molar-refractivity contribution in [3.8, 4) is 0 Å². The van der Waals surface area contributed by atoms with Crippen molar-refractivity contribution < 1.29 is 0 Å². The third kappa shape index (κ3) is 2.72. The van der Waals surface area contributed by atoms with Gasteiger partial charge in [0.05, 0.1) is 0 Å². The molecule has 2 aliphatic rings. The molecule has 1 aromatic rings. The van der Waals surface area contributed by atoms with E-state index >= 15 is 0 Å². The molecule has 104 valence electrons. The molecule has 1 fully saturated rings. The lowest BCUT2D eigenvalue weighted by Crippen LogP contribution is -2.45. The maximum atomic E-state index is 5.77. The first-order chi connectivity index (χ1) is 9.26. The molecular formula is C14H23N5. The summed E-state index contributed by atoms with van der Waals surface area (Å²) in [5, 5.41) is 0. The Labute approximate surface area is 114 Å². The summed E-state index contributed by atoms with van der Waals surface area (Å²) < 4.78 is 0. The number of hydrogen-bond acceptors (Lipinski definition) is 5. The lowest BCUT2D eigenvalue weighted by atomic mass is 9.87. The second-order valence-corrected chi connectivity index (χ2v) is 5.78. The standard InChI is InChI=1S/C14H23N5/c1-18-4-6-19(7-5-18)14-16-10-12-8-11(9-15)2-3-13(12)17-14/h10-11H,2-9,15H2,1H3. The molecule has 0 amide bonds. The molecule has 1 aliphatic heterocycles. The Balaban J connectivity index is 1.75. The van der Waals surface area contributed by atoms with Crippen LogP contribution >= 0.6 is 0 Å². The van der Waals surface area contributed by atoms with Gasteiger partial charge in [0, 0.05) is 38.1 Å². The van der Waals surface area contributed by atoms with E-state index in [1.807, 2.05) is 6.20 Å². The second-order valence-electron chi connectivity index (χ2n) is 5.78. The van der Waals surface area contributed by atoms with Crippen molar-refractivity contribution in [2.24, 2.45) is 11.7 Å². The van der Waals surface area contributed by atoms with E-state index in [-0.39, 0.29) is 0 Å². The van der Waals surface area contributed by atoms with Gasteiger partial charge < -0.3 is 15.5 Å². The lowest BCUT2D eigenvalue weighted by Gasteiger charge is -2.33. The zero-order chi connectivity index (χ0) is 13.2. The molecule has 1 unspecified atom stereocenters. The van der Waals surface area contributed by atoms with E-state index in [0.29, 0.717) is 5.92 Å². The minimum Gasteiger partial charge on any atom is -0.338 e. The average molecular weight is 261 g/mol. The van der Waals surface area contributed by atoms with Gasteiger partial charge in [-0.3, -0.25) is 0 Å². The zero-order valence-corrected chi connectivity index (χ0v) is 11.7. The number of nitrogens with two attached hydrogens (primary N) is 1. The van der Waals surface area contributed by atoms with Gasteiger partial charge in [0.15, 0.2) is 0 Å². The van der Waals surface area contributed by atoms with Crippen LogP contribution < -0.4 is 10.6 Å².